The minimum atomic E-state index is -3.71. The van der Waals surface area contributed by atoms with Crippen LogP contribution >= 0.6 is 0 Å². The van der Waals surface area contributed by atoms with Gasteiger partial charge in [-0.1, -0.05) is 5.16 Å². The lowest BCUT2D eigenvalue weighted by atomic mass is 10.0. The molecule has 0 saturated carbocycles. The molecule has 9 nitrogen and oxygen atoms in total. The standard InChI is InChI=1S/C16H23N5O4S/c1-11-16(12(2)25-19-11)26(23,24)17-10-13-6-4-5-9-21(13)14-7-8-15(22)20(3)18-14/h7-8,13,17H,4-6,9-10H2,1-3H3. The van der Waals surface area contributed by atoms with E-state index < -0.39 is 10.0 Å². The summed E-state index contributed by atoms with van der Waals surface area (Å²) in [5, 5.41) is 8.01. The molecule has 1 N–H and O–H groups in total. The van der Waals surface area contributed by atoms with Gasteiger partial charge in [0, 0.05) is 32.2 Å². The Morgan fingerprint density at radius 3 is 2.73 bits per heavy atom. The van der Waals surface area contributed by atoms with Crippen LogP contribution in [0.25, 0.3) is 0 Å². The van der Waals surface area contributed by atoms with E-state index in [0.29, 0.717) is 11.5 Å². The number of nitrogens with one attached hydrogen (secondary N) is 1. The highest BCUT2D eigenvalue weighted by molar-refractivity contribution is 7.89. The summed E-state index contributed by atoms with van der Waals surface area (Å²) in [5.41, 5.74) is 0.164. The van der Waals surface area contributed by atoms with Crippen molar-refractivity contribution in [2.75, 3.05) is 18.0 Å². The third-order valence-electron chi connectivity index (χ3n) is 4.61. The number of aromatic nitrogens is 3. The van der Waals surface area contributed by atoms with Crippen molar-refractivity contribution in [1.82, 2.24) is 19.7 Å². The predicted octanol–water partition coefficient (Wildman–Crippen LogP) is 0.723. The number of aryl methyl sites for hydroxylation is 3. The average molecular weight is 381 g/mol. The van der Waals surface area contributed by atoms with Crippen LogP contribution in [0.2, 0.25) is 0 Å². The zero-order chi connectivity index (χ0) is 18.9. The van der Waals surface area contributed by atoms with Gasteiger partial charge in [-0.25, -0.2) is 17.8 Å². The van der Waals surface area contributed by atoms with E-state index in [2.05, 4.69) is 19.9 Å². The molecule has 0 bridgehead atoms. The molecule has 0 aromatic carbocycles. The third kappa shape index (κ3) is 3.65. The minimum absolute atomic E-state index is 0.0380. The molecule has 142 valence electrons. The number of rotatable bonds is 5. The summed E-state index contributed by atoms with van der Waals surface area (Å²) < 4.78 is 34.2. The lowest BCUT2D eigenvalue weighted by Gasteiger charge is -2.36. The highest BCUT2D eigenvalue weighted by Gasteiger charge is 2.28. The van der Waals surface area contributed by atoms with Crippen LogP contribution in [-0.2, 0) is 17.1 Å². The second kappa shape index (κ2) is 7.20. The molecule has 0 spiro atoms. The molecule has 0 amide bonds. The van der Waals surface area contributed by atoms with Gasteiger partial charge < -0.3 is 9.42 Å². The van der Waals surface area contributed by atoms with Crippen LogP contribution in [0.15, 0.2) is 26.3 Å². The summed E-state index contributed by atoms with van der Waals surface area (Å²) in [5.74, 6) is 0.948. The smallest absolute Gasteiger partial charge is 0.266 e. The van der Waals surface area contributed by atoms with Gasteiger partial charge in [0.25, 0.3) is 5.56 Å². The topological polar surface area (TPSA) is 110 Å². The molecule has 0 radical (unpaired) electrons. The summed E-state index contributed by atoms with van der Waals surface area (Å²) in [6, 6.07) is 3.12. The zero-order valence-electron chi connectivity index (χ0n) is 15.1. The first-order valence-corrected chi connectivity index (χ1v) is 10.0. The molecule has 3 heterocycles. The van der Waals surface area contributed by atoms with Crippen molar-refractivity contribution in [3.63, 3.8) is 0 Å². The summed E-state index contributed by atoms with van der Waals surface area (Å²) in [7, 11) is -2.10. The van der Waals surface area contributed by atoms with E-state index in [9.17, 15) is 13.2 Å². The van der Waals surface area contributed by atoms with Crippen molar-refractivity contribution in [2.24, 2.45) is 7.05 Å². The van der Waals surface area contributed by atoms with E-state index in [4.69, 9.17) is 4.52 Å². The van der Waals surface area contributed by atoms with Gasteiger partial charge in [0.2, 0.25) is 10.0 Å². The molecule has 2 aromatic heterocycles. The van der Waals surface area contributed by atoms with Crippen LogP contribution in [0.5, 0.6) is 0 Å². The Morgan fingerprint density at radius 1 is 1.31 bits per heavy atom. The number of hydrogen-bond donors (Lipinski definition) is 1. The van der Waals surface area contributed by atoms with Gasteiger partial charge in [-0.05, 0) is 39.2 Å². The van der Waals surface area contributed by atoms with E-state index in [-0.39, 0.29) is 28.8 Å². The summed E-state index contributed by atoms with van der Waals surface area (Å²) in [6.45, 7) is 4.20. The quantitative estimate of drug-likeness (QED) is 0.812. The van der Waals surface area contributed by atoms with E-state index in [1.807, 2.05) is 0 Å². The summed E-state index contributed by atoms with van der Waals surface area (Å²) in [6.07, 6.45) is 2.85. The molecule has 1 fully saturated rings. The fraction of sp³-hybridized carbons (Fsp3) is 0.562. The van der Waals surface area contributed by atoms with Crippen molar-refractivity contribution >= 4 is 15.8 Å². The Kier molecular flexibility index (Phi) is 5.15. The fourth-order valence-electron chi connectivity index (χ4n) is 3.29. The third-order valence-corrected chi connectivity index (χ3v) is 6.28. The second-order valence-electron chi connectivity index (χ2n) is 6.50. The predicted molar refractivity (Wildman–Crippen MR) is 95.6 cm³/mol. The van der Waals surface area contributed by atoms with E-state index >= 15 is 0 Å². The van der Waals surface area contributed by atoms with Gasteiger partial charge in [0.1, 0.15) is 16.4 Å². The highest BCUT2D eigenvalue weighted by Crippen LogP contribution is 2.23. The fourth-order valence-corrected chi connectivity index (χ4v) is 4.69. The molecule has 1 atom stereocenters. The minimum Gasteiger partial charge on any atom is -0.360 e. The first-order chi connectivity index (χ1) is 12.3. The molecule has 1 aliphatic heterocycles. The van der Waals surface area contributed by atoms with Gasteiger partial charge in [-0.15, -0.1) is 0 Å². The first-order valence-electron chi connectivity index (χ1n) is 8.53. The number of sulfonamides is 1. The molecule has 1 saturated heterocycles. The number of hydrogen-bond acceptors (Lipinski definition) is 7. The molecular weight excluding hydrogens is 358 g/mol. The Balaban J connectivity index is 1.79. The maximum Gasteiger partial charge on any atom is 0.266 e. The van der Waals surface area contributed by atoms with Gasteiger partial charge >= 0.3 is 0 Å². The molecule has 3 rings (SSSR count). The molecule has 10 heteroatoms. The Labute approximate surface area is 152 Å². The monoisotopic (exact) mass is 381 g/mol. The maximum absolute atomic E-state index is 12.6. The summed E-state index contributed by atoms with van der Waals surface area (Å²) in [4.78, 5) is 13.7. The molecule has 26 heavy (non-hydrogen) atoms. The normalized spacial score (nSPS) is 18.3. The van der Waals surface area contributed by atoms with Crippen LogP contribution in [0.3, 0.4) is 0 Å². The van der Waals surface area contributed by atoms with Gasteiger partial charge in [0.15, 0.2) is 5.76 Å². The lowest BCUT2D eigenvalue weighted by molar-refractivity contribution is 0.390. The Morgan fingerprint density at radius 2 is 2.08 bits per heavy atom. The van der Waals surface area contributed by atoms with Gasteiger partial charge in [0.05, 0.1) is 0 Å². The largest absolute Gasteiger partial charge is 0.360 e. The maximum atomic E-state index is 12.6. The van der Waals surface area contributed by atoms with E-state index in [1.54, 1.807) is 27.0 Å². The number of nitrogens with zero attached hydrogens (tertiary/aromatic N) is 4. The van der Waals surface area contributed by atoms with Gasteiger partial charge in [-0.2, -0.15) is 5.10 Å². The van der Waals surface area contributed by atoms with Crippen molar-refractivity contribution < 1.29 is 12.9 Å². The van der Waals surface area contributed by atoms with Crippen molar-refractivity contribution in [3.8, 4) is 0 Å². The molecule has 1 unspecified atom stereocenters. The van der Waals surface area contributed by atoms with Crippen LogP contribution in [0, 0.1) is 13.8 Å². The number of anilines is 1. The molecule has 1 aliphatic rings. The van der Waals surface area contributed by atoms with Crippen LogP contribution in [-0.4, -0.2) is 42.5 Å². The zero-order valence-corrected chi connectivity index (χ0v) is 15.9. The highest BCUT2D eigenvalue weighted by atomic mass is 32.2. The van der Waals surface area contributed by atoms with E-state index in [0.717, 1.165) is 25.8 Å². The lowest BCUT2D eigenvalue weighted by Crippen LogP contribution is -2.47. The summed E-state index contributed by atoms with van der Waals surface area (Å²) >= 11 is 0. The molecule has 0 aliphatic carbocycles. The number of piperidine rings is 1. The van der Waals surface area contributed by atoms with Gasteiger partial charge in [-0.3, -0.25) is 4.79 Å². The average Bonchev–Trinajstić information content (AvgIpc) is 2.95. The van der Waals surface area contributed by atoms with Crippen molar-refractivity contribution in [2.45, 2.75) is 44.0 Å². The van der Waals surface area contributed by atoms with Crippen molar-refractivity contribution in [1.29, 1.82) is 0 Å². The van der Waals surface area contributed by atoms with Crippen LogP contribution in [0.4, 0.5) is 5.82 Å². The SMILES string of the molecule is Cc1noc(C)c1S(=O)(=O)NCC1CCCCN1c1ccc(=O)n(C)n1. The van der Waals surface area contributed by atoms with E-state index in [1.165, 1.54) is 10.7 Å². The second-order valence-corrected chi connectivity index (χ2v) is 8.21. The van der Waals surface area contributed by atoms with Crippen LogP contribution < -0.4 is 15.2 Å². The molecular formula is C16H23N5O4S. The van der Waals surface area contributed by atoms with Crippen LogP contribution in [0.1, 0.15) is 30.7 Å². The Hall–Kier alpha value is -2.20. The molecule has 2 aromatic rings. The Bertz CT molecular complexity index is 930. The van der Waals surface area contributed by atoms with Crippen molar-refractivity contribution in [3.05, 3.63) is 33.9 Å². The first kappa shape index (κ1) is 18.6.